The summed E-state index contributed by atoms with van der Waals surface area (Å²) in [6.45, 7) is 3.33. The van der Waals surface area contributed by atoms with Crippen molar-refractivity contribution in [3.05, 3.63) is 53.3 Å². The van der Waals surface area contributed by atoms with Crippen LogP contribution >= 0.6 is 0 Å². The summed E-state index contributed by atoms with van der Waals surface area (Å²) >= 11 is 0. The van der Waals surface area contributed by atoms with Crippen LogP contribution in [0.2, 0.25) is 0 Å². The van der Waals surface area contributed by atoms with Crippen molar-refractivity contribution in [2.75, 3.05) is 13.1 Å². The van der Waals surface area contributed by atoms with Crippen molar-refractivity contribution in [3.8, 4) is 0 Å². The van der Waals surface area contributed by atoms with Gasteiger partial charge in [-0.2, -0.15) is 5.10 Å². The van der Waals surface area contributed by atoms with E-state index in [0.29, 0.717) is 19.5 Å². The van der Waals surface area contributed by atoms with Crippen LogP contribution in [0.3, 0.4) is 0 Å². The molecule has 2 atom stereocenters. The van der Waals surface area contributed by atoms with Crippen molar-refractivity contribution >= 4 is 5.91 Å². The molecule has 1 aliphatic heterocycles. The summed E-state index contributed by atoms with van der Waals surface area (Å²) in [6, 6.07) is 10.1. The fraction of sp³-hybridized carbons (Fsp3) is 0.412. The first-order valence-electron chi connectivity index (χ1n) is 7.61. The number of carbonyl (C=O) groups is 1. The first-order chi connectivity index (χ1) is 10.5. The zero-order valence-electron chi connectivity index (χ0n) is 13.1. The van der Waals surface area contributed by atoms with E-state index in [2.05, 4.69) is 5.10 Å². The molecule has 2 heterocycles. The molecule has 1 aromatic heterocycles. The van der Waals surface area contributed by atoms with Crippen molar-refractivity contribution in [2.45, 2.75) is 25.3 Å². The number of hydrogen-bond donors (Lipinski definition) is 1. The van der Waals surface area contributed by atoms with E-state index < -0.39 is 0 Å². The Bertz CT molecular complexity index is 662. The fourth-order valence-electron chi connectivity index (χ4n) is 3.09. The molecular weight excluding hydrogens is 276 g/mol. The van der Waals surface area contributed by atoms with Gasteiger partial charge in [0.15, 0.2) is 0 Å². The summed E-state index contributed by atoms with van der Waals surface area (Å²) in [7, 11) is 1.92. The number of nitrogens with zero attached hydrogens (tertiary/aromatic N) is 3. The van der Waals surface area contributed by atoms with Crippen LogP contribution in [0.25, 0.3) is 0 Å². The molecule has 1 aliphatic rings. The van der Waals surface area contributed by atoms with E-state index in [0.717, 1.165) is 11.3 Å². The van der Waals surface area contributed by atoms with E-state index in [4.69, 9.17) is 5.73 Å². The van der Waals surface area contributed by atoms with E-state index in [-0.39, 0.29) is 17.9 Å². The second-order valence-corrected chi connectivity index (χ2v) is 6.11. The highest BCUT2D eigenvalue weighted by molar-refractivity contribution is 5.79. The average molecular weight is 298 g/mol. The third-order valence-corrected chi connectivity index (χ3v) is 4.43. The Labute approximate surface area is 130 Å². The molecule has 1 amide bonds. The van der Waals surface area contributed by atoms with Crippen LogP contribution in [-0.4, -0.2) is 39.7 Å². The van der Waals surface area contributed by atoms with E-state index in [1.165, 1.54) is 5.56 Å². The molecule has 1 saturated heterocycles. The van der Waals surface area contributed by atoms with Crippen LogP contribution < -0.4 is 5.73 Å². The second-order valence-electron chi connectivity index (χ2n) is 6.11. The highest BCUT2D eigenvalue weighted by Gasteiger charge is 2.35. The molecule has 5 nitrogen and oxygen atoms in total. The summed E-state index contributed by atoms with van der Waals surface area (Å²) in [5.41, 5.74) is 9.59. The predicted molar refractivity (Wildman–Crippen MR) is 85.4 cm³/mol. The van der Waals surface area contributed by atoms with Gasteiger partial charge in [-0.15, -0.1) is 0 Å². The Morgan fingerprint density at radius 2 is 2.00 bits per heavy atom. The van der Waals surface area contributed by atoms with Gasteiger partial charge in [-0.3, -0.25) is 9.48 Å². The molecule has 0 unspecified atom stereocenters. The van der Waals surface area contributed by atoms with E-state index in [1.807, 2.05) is 53.9 Å². The molecule has 1 aromatic carbocycles. The number of rotatable bonds is 3. The van der Waals surface area contributed by atoms with Crippen molar-refractivity contribution < 1.29 is 4.79 Å². The molecule has 5 heteroatoms. The van der Waals surface area contributed by atoms with E-state index in [9.17, 15) is 4.79 Å². The van der Waals surface area contributed by atoms with Crippen molar-refractivity contribution in [1.82, 2.24) is 14.7 Å². The van der Waals surface area contributed by atoms with Gasteiger partial charge in [0, 0.05) is 44.0 Å². The minimum Gasteiger partial charge on any atom is -0.340 e. The maximum atomic E-state index is 12.5. The van der Waals surface area contributed by atoms with Gasteiger partial charge in [0.05, 0.1) is 6.42 Å². The molecule has 0 spiro atoms. The molecule has 0 radical (unpaired) electrons. The van der Waals surface area contributed by atoms with Crippen LogP contribution in [0.1, 0.15) is 22.7 Å². The number of nitrogens with two attached hydrogens (primary N) is 1. The lowest BCUT2D eigenvalue weighted by Gasteiger charge is -2.16. The summed E-state index contributed by atoms with van der Waals surface area (Å²) in [4.78, 5) is 14.4. The maximum Gasteiger partial charge on any atom is 0.227 e. The Kier molecular flexibility index (Phi) is 3.98. The quantitative estimate of drug-likeness (QED) is 0.927. The summed E-state index contributed by atoms with van der Waals surface area (Å²) in [5.74, 6) is 0.304. The molecule has 1 fully saturated rings. The number of carbonyl (C=O) groups excluding carboxylic acids is 1. The SMILES string of the molecule is Cc1ccc(CC(=O)N2C[C@@H](N)[C@H](c3ccnn3C)C2)cc1. The zero-order chi connectivity index (χ0) is 15.7. The van der Waals surface area contributed by atoms with Gasteiger partial charge < -0.3 is 10.6 Å². The van der Waals surface area contributed by atoms with Gasteiger partial charge in [-0.05, 0) is 18.6 Å². The van der Waals surface area contributed by atoms with Crippen LogP contribution in [0.5, 0.6) is 0 Å². The Balaban J connectivity index is 1.67. The van der Waals surface area contributed by atoms with Gasteiger partial charge in [0.2, 0.25) is 5.91 Å². The standard InChI is InChI=1S/C17H22N4O/c1-12-3-5-13(6-4-12)9-17(22)21-10-14(15(18)11-21)16-7-8-19-20(16)2/h3-8,14-15H,9-11,18H2,1-2H3/t14-,15-/m1/s1. The molecule has 0 aliphatic carbocycles. The van der Waals surface area contributed by atoms with Gasteiger partial charge >= 0.3 is 0 Å². The first-order valence-corrected chi connectivity index (χ1v) is 7.61. The normalized spacial score (nSPS) is 21.3. The van der Waals surface area contributed by atoms with Crippen LogP contribution in [-0.2, 0) is 18.3 Å². The molecule has 3 rings (SSSR count). The number of benzene rings is 1. The topological polar surface area (TPSA) is 64.2 Å². The maximum absolute atomic E-state index is 12.5. The van der Waals surface area contributed by atoms with Crippen LogP contribution in [0.15, 0.2) is 36.5 Å². The number of aromatic nitrogens is 2. The lowest BCUT2D eigenvalue weighted by Crippen LogP contribution is -2.33. The Hall–Kier alpha value is -2.14. The number of likely N-dealkylation sites (tertiary alicyclic amines) is 1. The van der Waals surface area contributed by atoms with Crippen LogP contribution in [0.4, 0.5) is 0 Å². The summed E-state index contributed by atoms with van der Waals surface area (Å²) in [6.07, 6.45) is 2.21. The smallest absolute Gasteiger partial charge is 0.227 e. The van der Waals surface area contributed by atoms with E-state index >= 15 is 0 Å². The van der Waals surface area contributed by atoms with E-state index in [1.54, 1.807) is 6.20 Å². The fourth-order valence-corrected chi connectivity index (χ4v) is 3.09. The van der Waals surface area contributed by atoms with Crippen molar-refractivity contribution in [1.29, 1.82) is 0 Å². The monoisotopic (exact) mass is 298 g/mol. The van der Waals surface area contributed by atoms with Crippen molar-refractivity contribution in [2.24, 2.45) is 12.8 Å². The summed E-state index contributed by atoms with van der Waals surface area (Å²) < 4.78 is 1.85. The van der Waals surface area contributed by atoms with Gasteiger partial charge in [0.1, 0.15) is 0 Å². The molecular formula is C17H22N4O. The highest BCUT2D eigenvalue weighted by atomic mass is 16.2. The molecule has 2 aromatic rings. The minimum absolute atomic E-state index is 0.0302. The molecule has 116 valence electrons. The zero-order valence-corrected chi connectivity index (χ0v) is 13.1. The number of aryl methyl sites for hydroxylation is 2. The van der Waals surface area contributed by atoms with Crippen LogP contribution in [0, 0.1) is 6.92 Å². The number of hydrogen-bond acceptors (Lipinski definition) is 3. The molecule has 2 N–H and O–H groups in total. The lowest BCUT2D eigenvalue weighted by molar-refractivity contribution is -0.129. The molecule has 22 heavy (non-hydrogen) atoms. The average Bonchev–Trinajstić information content (AvgIpc) is 3.07. The Morgan fingerprint density at radius 3 is 2.64 bits per heavy atom. The number of amides is 1. The largest absolute Gasteiger partial charge is 0.340 e. The predicted octanol–water partition coefficient (Wildman–Crippen LogP) is 1.22. The van der Waals surface area contributed by atoms with Gasteiger partial charge in [-0.25, -0.2) is 0 Å². The second kappa shape index (κ2) is 5.93. The molecule has 0 bridgehead atoms. The van der Waals surface area contributed by atoms with Gasteiger partial charge in [-0.1, -0.05) is 29.8 Å². The van der Waals surface area contributed by atoms with Crippen molar-refractivity contribution in [3.63, 3.8) is 0 Å². The molecule has 0 saturated carbocycles. The Morgan fingerprint density at radius 1 is 1.27 bits per heavy atom. The lowest BCUT2D eigenvalue weighted by atomic mass is 10.0. The highest BCUT2D eigenvalue weighted by Crippen LogP contribution is 2.26. The first kappa shape index (κ1) is 14.8. The van der Waals surface area contributed by atoms with Gasteiger partial charge in [0.25, 0.3) is 0 Å². The summed E-state index contributed by atoms with van der Waals surface area (Å²) in [5, 5.41) is 4.20. The third-order valence-electron chi connectivity index (χ3n) is 4.43. The minimum atomic E-state index is -0.0302. The third kappa shape index (κ3) is 2.90.